The largest absolute Gasteiger partial charge is 0.460 e. The molecule has 1 N–H and O–H groups in total. The first-order valence-corrected chi connectivity index (χ1v) is 13.3. The summed E-state index contributed by atoms with van der Waals surface area (Å²) in [4.78, 5) is 11.4. The van der Waals surface area contributed by atoms with Gasteiger partial charge in [-0.15, -0.1) is 0 Å². The molecule has 0 saturated carbocycles. The third-order valence-electron chi connectivity index (χ3n) is 7.22. The van der Waals surface area contributed by atoms with Crippen LogP contribution in [0.4, 0.5) is 0 Å². The number of hydrogen-bond donors (Lipinski definition) is 1. The van der Waals surface area contributed by atoms with E-state index in [9.17, 15) is 9.90 Å². The Morgan fingerprint density at radius 1 is 0.906 bits per heavy atom. The lowest BCUT2D eigenvalue weighted by Gasteiger charge is -2.23. The molecule has 0 aromatic heterocycles. The average molecular weight is 455 g/mol. The van der Waals surface area contributed by atoms with Crippen molar-refractivity contribution in [2.45, 2.75) is 159 Å². The molecule has 6 atom stereocenters. The Morgan fingerprint density at radius 2 is 1.56 bits per heavy atom. The Bertz CT molecular complexity index is 565. The second-order valence-electron chi connectivity index (χ2n) is 10.5. The highest BCUT2D eigenvalue weighted by molar-refractivity contribution is 5.71. The zero-order valence-corrected chi connectivity index (χ0v) is 20.6. The van der Waals surface area contributed by atoms with Gasteiger partial charge in [0.2, 0.25) is 0 Å². The van der Waals surface area contributed by atoms with Crippen molar-refractivity contribution in [2.75, 3.05) is 0 Å². The van der Waals surface area contributed by atoms with E-state index in [-0.39, 0.29) is 36.5 Å². The van der Waals surface area contributed by atoms with Gasteiger partial charge in [0.15, 0.2) is 5.79 Å². The molecule has 0 bridgehead atoms. The Hall–Kier alpha value is -0.690. The van der Waals surface area contributed by atoms with Crippen LogP contribution in [0.2, 0.25) is 0 Å². The molecule has 3 aliphatic rings. The van der Waals surface area contributed by atoms with Crippen LogP contribution in [0.25, 0.3) is 0 Å². The molecule has 0 aliphatic carbocycles. The predicted octanol–water partition coefficient (Wildman–Crippen LogP) is 5.43. The van der Waals surface area contributed by atoms with E-state index in [1.807, 2.05) is 13.8 Å². The SMILES string of the molecule is CCCCCCCCCC[C@H]1OC(C)(C)O[C@@H]1CC[C@H](O)[C@H]1CC[C@H]([C@H]2CCC(=O)O2)O1. The molecular formula is C26H46O6. The third-order valence-corrected chi connectivity index (χ3v) is 7.22. The van der Waals surface area contributed by atoms with E-state index < -0.39 is 11.9 Å². The molecule has 32 heavy (non-hydrogen) atoms. The van der Waals surface area contributed by atoms with Crippen LogP contribution in [0.15, 0.2) is 0 Å². The van der Waals surface area contributed by atoms with E-state index in [2.05, 4.69) is 6.92 Å². The molecule has 0 aromatic carbocycles. The molecule has 0 spiro atoms. The maximum atomic E-state index is 11.4. The van der Waals surface area contributed by atoms with Crippen molar-refractivity contribution in [2.24, 2.45) is 0 Å². The average Bonchev–Trinajstić information content (AvgIpc) is 3.46. The van der Waals surface area contributed by atoms with E-state index in [0.29, 0.717) is 12.8 Å². The normalized spacial score (nSPS) is 33.0. The topological polar surface area (TPSA) is 74.2 Å². The number of hydrogen-bond acceptors (Lipinski definition) is 6. The van der Waals surface area contributed by atoms with E-state index in [1.54, 1.807) is 0 Å². The van der Waals surface area contributed by atoms with E-state index >= 15 is 0 Å². The maximum Gasteiger partial charge on any atom is 0.306 e. The molecule has 3 rings (SSSR count). The number of cyclic esters (lactones) is 1. The van der Waals surface area contributed by atoms with E-state index in [4.69, 9.17) is 18.9 Å². The number of esters is 1. The maximum absolute atomic E-state index is 11.4. The lowest BCUT2D eigenvalue weighted by atomic mass is 9.97. The fourth-order valence-electron chi connectivity index (χ4n) is 5.45. The van der Waals surface area contributed by atoms with Crippen molar-refractivity contribution in [1.82, 2.24) is 0 Å². The lowest BCUT2D eigenvalue weighted by Crippen LogP contribution is -2.32. The summed E-state index contributed by atoms with van der Waals surface area (Å²) in [6.45, 7) is 6.22. The quantitative estimate of drug-likeness (QED) is 0.279. The fourth-order valence-corrected chi connectivity index (χ4v) is 5.45. The van der Waals surface area contributed by atoms with Gasteiger partial charge in [0.1, 0.15) is 6.10 Å². The van der Waals surface area contributed by atoms with Crippen LogP contribution >= 0.6 is 0 Å². The van der Waals surface area contributed by atoms with Gasteiger partial charge in [-0.1, -0.05) is 58.3 Å². The number of carbonyl (C=O) groups is 1. The lowest BCUT2D eigenvalue weighted by molar-refractivity contribution is -0.150. The van der Waals surface area contributed by atoms with Crippen molar-refractivity contribution in [3.05, 3.63) is 0 Å². The number of unbranched alkanes of at least 4 members (excludes halogenated alkanes) is 7. The fraction of sp³-hybridized carbons (Fsp3) is 0.962. The number of carbonyl (C=O) groups excluding carboxylic acids is 1. The van der Waals surface area contributed by atoms with Gasteiger partial charge in [-0.2, -0.15) is 0 Å². The highest BCUT2D eigenvalue weighted by Crippen LogP contribution is 2.35. The summed E-state index contributed by atoms with van der Waals surface area (Å²) in [5.74, 6) is -0.687. The van der Waals surface area contributed by atoms with Crippen molar-refractivity contribution in [1.29, 1.82) is 0 Å². The monoisotopic (exact) mass is 454 g/mol. The number of aliphatic hydroxyl groups is 1. The number of rotatable bonds is 14. The summed E-state index contributed by atoms with van der Waals surface area (Å²) >= 11 is 0. The number of aliphatic hydroxyl groups excluding tert-OH is 1. The van der Waals surface area contributed by atoms with Crippen LogP contribution in [-0.2, 0) is 23.7 Å². The van der Waals surface area contributed by atoms with Gasteiger partial charge in [-0.25, -0.2) is 0 Å². The minimum absolute atomic E-state index is 0.0252. The minimum Gasteiger partial charge on any atom is -0.460 e. The van der Waals surface area contributed by atoms with Crippen molar-refractivity contribution in [3.8, 4) is 0 Å². The molecule has 3 heterocycles. The summed E-state index contributed by atoms with van der Waals surface area (Å²) in [7, 11) is 0. The van der Waals surface area contributed by atoms with Gasteiger partial charge >= 0.3 is 5.97 Å². The second kappa shape index (κ2) is 12.7. The van der Waals surface area contributed by atoms with E-state index in [1.165, 1.54) is 51.4 Å². The third kappa shape index (κ3) is 7.96. The standard InChI is InChI=1S/C26H46O6/c1-4-5-6-7-8-9-10-11-12-23-24(32-26(2,3)31-23)14-13-19(27)20-15-16-21(29-20)22-17-18-25(28)30-22/h19-24,27H,4-18H2,1-3H3/t19-,20+,21+,22+,23+,24+/m0/s1. The molecule has 3 fully saturated rings. The van der Waals surface area contributed by atoms with Gasteiger partial charge < -0.3 is 24.1 Å². The zero-order chi connectivity index (χ0) is 23.0. The van der Waals surface area contributed by atoms with Crippen LogP contribution in [0.5, 0.6) is 0 Å². The molecule has 3 saturated heterocycles. The summed E-state index contributed by atoms with van der Waals surface area (Å²) in [5.41, 5.74) is 0. The Balaban J connectivity index is 1.34. The van der Waals surface area contributed by atoms with Crippen LogP contribution in [0.1, 0.15) is 117 Å². The van der Waals surface area contributed by atoms with Crippen molar-refractivity contribution < 1.29 is 28.8 Å². The Kier molecular flexibility index (Phi) is 10.3. The van der Waals surface area contributed by atoms with Crippen molar-refractivity contribution >= 4 is 5.97 Å². The summed E-state index contributed by atoms with van der Waals surface area (Å²) < 4.78 is 23.8. The highest BCUT2D eigenvalue weighted by atomic mass is 16.7. The highest BCUT2D eigenvalue weighted by Gasteiger charge is 2.42. The van der Waals surface area contributed by atoms with Gasteiger partial charge in [0, 0.05) is 6.42 Å². The molecule has 0 aromatic rings. The minimum atomic E-state index is -0.554. The first kappa shape index (κ1) is 25.9. The summed E-state index contributed by atoms with van der Waals surface area (Å²) in [5, 5.41) is 10.7. The first-order valence-electron chi connectivity index (χ1n) is 13.3. The van der Waals surface area contributed by atoms with Crippen molar-refractivity contribution in [3.63, 3.8) is 0 Å². The van der Waals surface area contributed by atoms with Crippen LogP contribution in [0, 0.1) is 0 Å². The summed E-state index contributed by atoms with van der Waals surface area (Å²) in [6.07, 6.45) is 15.0. The van der Waals surface area contributed by atoms with Gasteiger partial charge in [0.25, 0.3) is 0 Å². The predicted molar refractivity (Wildman–Crippen MR) is 123 cm³/mol. The van der Waals surface area contributed by atoms with E-state index in [0.717, 1.165) is 32.1 Å². The molecule has 0 radical (unpaired) electrons. The molecule has 3 aliphatic heterocycles. The summed E-state index contributed by atoms with van der Waals surface area (Å²) in [6, 6.07) is 0. The molecule has 0 unspecified atom stereocenters. The molecular weight excluding hydrogens is 408 g/mol. The molecule has 6 nitrogen and oxygen atoms in total. The molecule has 6 heteroatoms. The smallest absolute Gasteiger partial charge is 0.306 e. The van der Waals surface area contributed by atoms with Crippen LogP contribution in [-0.4, -0.2) is 53.5 Å². The Labute approximate surface area is 194 Å². The second-order valence-corrected chi connectivity index (χ2v) is 10.5. The zero-order valence-electron chi connectivity index (χ0n) is 20.6. The van der Waals surface area contributed by atoms with Crippen LogP contribution in [0.3, 0.4) is 0 Å². The number of ether oxygens (including phenoxy) is 4. The molecule has 0 amide bonds. The van der Waals surface area contributed by atoms with Crippen LogP contribution < -0.4 is 0 Å². The first-order chi connectivity index (χ1) is 15.4. The van der Waals surface area contributed by atoms with Gasteiger partial charge in [0.05, 0.1) is 30.5 Å². The van der Waals surface area contributed by atoms with Gasteiger partial charge in [-0.05, 0) is 52.4 Å². The van der Waals surface area contributed by atoms with Gasteiger partial charge in [-0.3, -0.25) is 4.79 Å². The molecule has 186 valence electrons. The Morgan fingerprint density at radius 3 is 2.22 bits per heavy atom.